The summed E-state index contributed by atoms with van der Waals surface area (Å²) in [6, 6.07) is 14.0. The van der Waals surface area contributed by atoms with Crippen LogP contribution in [0.4, 0.5) is 5.69 Å². The van der Waals surface area contributed by atoms with Crippen molar-refractivity contribution >= 4 is 11.6 Å². The number of anilines is 1. The van der Waals surface area contributed by atoms with Gasteiger partial charge in [0, 0.05) is 62.9 Å². The fraction of sp³-hybridized carbons (Fsp3) is 0.273. The molecule has 0 bridgehead atoms. The van der Waals surface area contributed by atoms with E-state index in [0.717, 1.165) is 25.2 Å². The molecule has 1 aliphatic heterocycles. The van der Waals surface area contributed by atoms with Crippen LogP contribution in [0.25, 0.3) is 0 Å². The van der Waals surface area contributed by atoms with Crippen LogP contribution in [0.5, 0.6) is 0 Å². The summed E-state index contributed by atoms with van der Waals surface area (Å²) >= 11 is 0. The molecule has 6 nitrogen and oxygen atoms in total. The van der Waals surface area contributed by atoms with Crippen molar-refractivity contribution in [3.63, 3.8) is 0 Å². The van der Waals surface area contributed by atoms with E-state index in [2.05, 4.69) is 44.1 Å². The number of aromatic nitrogens is 3. The monoisotopic (exact) mass is 373 g/mol. The Morgan fingerprint density at radius 3 is 2.54 bits per heavy atom. The fourth-order valence-electron chi connectivity index (χ4n) is 3.69. The molecule has 1 saturated heterocycles. The summed E-state index contributed by atoms with van der Waals surface area (Å²) in [5, 5.41) is 0. The van der Waals surface area contributed by atoms with Gasteiger partial charge in [-0.2, -0.15) is 0 Å². The molecule has 0 spiro atoms. The lowest BCUT2D eigenvalue weighted by atomic mass is 10.0. The summed E-state index contributed by atoms with van der Waals surface area (Å²) in [6.45, 7) is 3.04. The number of benzene rings is 1. The summed E-state index contributed by atoms with van der Waals surface area (Å²) in [5.41, 5.74) is 2.77. The lowest BCUT2D eigenvalue weighted by molar-refractivity contribution is 0.0747. The smallest absolute Gasteiger partial charge is 0.255 e. The molecule has 1 unspecified atom stereocenters. The Hall–Kier alpha value is -3.28. The molecule has 3 aromatic rings. The predicted octanol–water partition coefficient (Wildman–Crippen LogP) is 2.69. The second-order valence-corrected chi connectivity index (χ2v) is 7.04. The second-order valence-electron chi connectivity index (χ2n) is 7.04. The first kappa shape index (κ1) is 18.1. The van der Waals surface area contributed by atoms with Crippen LogP contribution in [0.3, 0.4) is 0 Å². The van der Waals surface area contributed by atoms with E-state index in [1.165, 1.54) is 5.69 Å². The molecule has 0 N–H and O–H groups in total. The van der Waals surface area contributed by atoms with Crippen molar-refractivity contribution in [3.8, 4) is 0 Å². The Labute approximate surface area is 164 Å². The van der Waals surface area contributed by atoms with Crippen LogP contribution < -0.4 is 4.90 Å². The molecule has 1 amide bonds. The first-order valence-corrected chi connectivity index (χ1v) is 9.54. The van der Waals surface area contributed by atoms with Gasteiger partial charge in [0.25, 0.3) is 5.91 Å². The van der Waals surface area contributed by atoms with E-state index < -0.39 is 0 Å². The van der Waals surface area contributed by atoms with Crippen LogP contribution in [0.1, 0.15) is 16.1 Å². The Bertz CT molecular complexity index is 889. The van der Waals surface area contributed by atoms with E-state index in [9.17, 15) is 4.79 Å². The fourth-order valence-corrected chi connectivity index (χ4v) is 3.69. The van der Waals surface area contributed by atoms with Crippen molar-refractivity contribution in [3.05, 3.63) is 84.7 Å². The molecule has 6 heteroatoms. The standard InChI is InChI=1S/C22H23N5O/c28-22(19-5-4-8-23-14-19)27-12-11-26(21-6-2-1-3-7-21)16-18(17-27)13-20-15-24-9-10-25-20/h1-10,14-15,18H,11-13,16-17H2. The number of para-hydroxylation sites is 1. The molecule has 1 fully saturated rings. The maximum absolute atomic E-state index is 13.0. The van der Waals surface area contributed by atoms with E-state index in [1.54, 1.807) is 30.9 Å². The third-order valence-corrected chi connectivity index (χ3v) is 5.03. The van der Waals surface area contributed by atoms with Crippen molar-refractivity contribution in [2.24, 2.45) is 5.92 Å². The topological polar surface area (TPSA) is 62.2 Å². The Kier molecular flexibility index (Phi) is 5.56. The number of pyridine rings is 1. The van der Waals surface area contributed by atoms with Gasteiger partial charge >= 0.3 is 0 Å². The van der Waals surface area contributed by atoms with E-state index in [1.807, 2.05) is 23.2 Å². The van der Waals surface area contributed by atoms with Gasteiger partial charge in [0.1, 0.15) is 0 Å². The normalized spacial score (nSPS) is 17.2. The van der Waals surface area contributed by atoms with E-state index in [-0.39, 0.29) is 11.8 Å². The molecule has 1 aromatic carbocycles. The van der Waals surface area contributed by atoms with Gasteiger partial charge in [0.15, 0.2) is 0 Å². The number of carbonyl (C=O) groups excluding carboxylic acids is 1. The van der Waals surface area contributed by atoms with E-state index in [0.29, 0.717) is 18.7 Å². The number of carbonyl (C=O) groups is 1. The molecule has 0 radical (unpaired) electrons. The van der Waals surface area contributed by atoms with Crippen LogP contribution >= 0.6 is 0 Å². The summed E-state index contributed by atoms with van der Waals surface area (Å²) in [4.78, 5) is 30.1. The highest BCUT2D eigenvalue weighted by Crippen LogP contribution is 2.21. The molecular formula is C22H23N5O. The van der Waals surface area contributed by atoms with Gasteiger partial charge in [-0.15, -0.1) is 0 Å². The molecule has 4 rings (SSSR count). The molecule has 28 heavy (non-hydrogen) atoms. The van der Waals surface area contributed by atoms with Crippen LogP contribution in [0.15, 0.2) is 73.4 Å². The summed E-state index contributed by atoms with van der Waals surface area (Å²) < 4.78 is 0. The van der Waals surface area contributed by atoms with Crippen molar-refractivity contribution in [2.75, 3.05) is 31.1 Å². The summed E-state index contributed by atoms with van der Waals surface area (Å²) in [7, 11) is 0. The minimum Gasteiger partial charge on any atom is -0.369 e. The number of amides is 1. The van der Waals surface area contributed by atoms with Gasteiger partial charge in [0.2, 0.25) is 0 Å². The van der Waals surface area contributed by atoms with Crippen LogP contribution in [-0.4, -0.2) is 51.9 Å². The average Bonchev–Trinajstić information content (AvgIpc) is 2.98. The quantitative estimate of drug-likeness (QED) is 0.704. The van der Waals surface area contributed by atoms with Gasteiger partial charge in [-0.3, -0.25) is 19.7 Å². The van der Waals surface area contributed by atoms with Gasteiger partial charge in [-0.25, -0.2) is 0 Å². The number of hydrogen-bond acceptors (Lipinski definition) is 5. The maximum Gasteiger partial charge on any atom is 0.255 e. The lowest BCUT2D eigenvalue weighted by Crippen LogP contribution is -2.36. The first-order chi connectivity index (χ1) is 13.8. The molecular weight excluding hydrogens is 350 g/mol. The third-order valence-electron chi connectivity index (χ3n) is 5.03. The molecule has 1 aliphatic rings. The minimum absolute atomic E-state index is 0.0344. The molecule has 0 saturated carbocycles. The van der Waals surface area contributed by atoms with Gasteiger partial charge < -0.3 is 9.80 Å². The number of rotatable bonds is 4. The van der Waals surface area contributed by atoms with Crippen molar-refractivity contribution < 1.29 is 4.79 Å². The predicted molar refractivity (Wildman–Crippen MR) is 108 cm³/mol. The zero-order valence-electron chi connectivity index (χ0n) is 15.7. The molecule has 1 atom stereocenters. The highest BCUT2D eigenvalue weighted by atomic mass is 16.2. The van der Waals surface area contributed by atoms with E-state index in [4.69, 9.17) is 0 Å². The summed E-state index contributed by atoms with van der Waals surface area (Å²) in [5.74, 6) is 0.298. The zero-order valence-corrected chi connectivity index (χ0v) is 15.7. The Morgan fingerprint density at radius 2 is 1.79 bits per heavy atom. The van der Waals surface area contributed by atoms with Crippen LogP contribution in [0.2, 0.25) is 0 Å². The van der Waals surface area contributed by atoms with Crippen LogP contribution in [0, 0.1) is 5.92 Å². The Morgan fingerprint density at radius 1 is 0.929 bits per heavy atom. The highest BCUT2D eigenvalue weighted by Gasteiger charge is 2.27. The SMILES string of the molecule is O=C(c1cccnc1)N1CCN(c2ccccc2)CC(Cc2cnccn2)C1. The highest BCUT2D eigenvalue weighted by molar-refractivity contribution is 5.94. The zero-order chi connectivity index (χ0) is 19.2. The second kappa shape index (κ2) is 8.61. The van der Waals surface area contributed by atoms with Crippen LogP contribution in [-0.2, 0) is 6.42 Å². The molecule has 2 aromatic heterocycles. The van der Waals surface area contributed by atoms with Gasteiger partial charge in [-0.05, 0) is 36.6 Å². The van der Waals surface area contributed by atoms with Gasteiger partial charge in [0.05, 0.1) is 11.3 Å². The van der Waals surface area contributed by atoms with Crippen molar-refractivity contribution in [1.82, 2.24) is 19.9 Å². The maximum atomic E-state index is 13.0. The van der Waals surface area contributed by atoms with Gasteiger partial charge in [-0.1, -0.05) is 18.2 Å². The molecule has 0 aliphatic carbocycles. The Balaban J connectivity index is 1.57. The first-order valence-electron chi connectivity index (χ1n) is 9.54. The number of nitrogens with zero attached hydrogens (tertiary/aromatic N) is 5. The van der Waals surface area contributed by atoms with Crippen molar-refractivity contribution in [2.45, 2.75) is 6.42 Å². The molecule has 142 valence electrons. The third kappa shape index (κ3) is 4.34. The largest absolute Gasteiger partial charge is 0.369 e. The van der Waals surface area contributed by atoms with E-state index >= 15 is 0 Å². The molecule has 3 heterocycles. The van der Waals surface area contributed by atoms with Crippen molar-refractivity contribution in [1.29, 1.82) is 0 Å². The lowest BCUT2D eigenvalue weighted by Gasteiger charge is -2.25. The summed E-state index contributed by atoms with van der Waals surface area (Å²) in [6.07, 6.45) is 9.33. The average molecular weight is 373 g/mol. The minimum atomic E-state index is 0.0344. The number of hydrogen-bond donors (Lipinski definition) is 0.